The molecule has 0 saturated heterocycles. The van der Waals surface area contributed by atoms with Crippen molar-refractivity contribution in [1.29, 1.82) is 0 Å². The topological polar surface area (TPSA) is 114 Å². The number of halogens is 4. The van der Waals surface area contributed by atoms with Crippen molar-refractivity contribution in [2.75, 3.05) is 19.0 Å². The summed E-state index contributed by atoms with van der Waals surface area (Å²) in [5, 5.41) is 1.65. The quantitative estimate of drug-likeness (QED) is 0.652. The Kier molecular flexibility index (Phi) is 6.82. The summed E-state index contributed by atoms with van der Waals surface area (Å²) in [7, 11) is -2.59. The van der Waals surface area contributed by atoms with Crippen molar-refractivity contribution in [2.24, 2.45) is 0 Å². The molecule has 1 aromatic carbocycles. The summed E-state index contributed by atoms with van der Waals surface area (Å²) < 4.78 is 68.1. The lowest BCUT2D eigenvalue weighted by Gasteiger charge is -2.10. The van der Waals surface area contributed by atoms with E-state index < -0.39 is 45.3 Å². The molecule has 0 bridgehead atoms. The number of nitrogens with zero attached hydrogens (tertiary/aromatic N) is 1. The van der Waals surface area contributed by atoms with E-state index >= 15 is 0 Å². The highest BCUT2D eigenvalue weighted by molar-refractivity contribution is 7.89. The van der Waals surface area contributed by atoms with Gasteiger partial charge in [0.2, 0.25) is 10.0 Å². The van der Waals surface area contributed by atoms with Crippen molar-refractivity contribution in [3.05, 3.63) is 52.7 Å². The zero-order valence-corrected chi connectivity index (χ0v) is 16.2. The smallest absolute Gasteiger partial charge is 0.417 e. The number of rotatable bonds is 6. The first-order chi connectivity index (χ1) is 13.4. The molecule has 0 aliphatic rings. The number of carbonyl (C=O) groups is 2. The highest BCUT2D eigenvalue weighted by atomic mass is 35.5. The molecule has 0 saturated carbocycles. The Morgan fingerprint density at radius 3 is 2.52 bits per heavy atom. The molecule has 29 heavy (non-hydrogen) atoms. The van der Waals surface area contributed by atoms with Crippen LogP contribution in [0.4, 0.5) is 19.0 Å². The van der Waals surface area contributed by atoms with Crippen LogP contribution in [0.2, 0.25) is 5.02 Å². The standard InChI is InChI=1S/C16H13ClF3N3O5S/c1-21-29(26,27)11-4-2-3-9(5-11)15(25)28-8-13(24)23-14-12(17)6-10(7-22-14)16(18,19)20/h2-7,21H,8H2,1H3,(H,22,23,24). The predicted octanol–water partition coefficient (Wildman–Crippen LogP) is 2.46. The average Bonchev–Trinajstić information content (AvgIpc) is 2.67. The largest absolute Gasteiger partial charge is 0.452 e. The molecule has 2 N–H and O–H groups in total. The van der Waals surface area contributed by atoms with E-state index in [0.717, 1.165) is 6.07 Å². The summed E-state index contributed by atoms with van der Waals surface area (Å²) >= 11 is 5.66. The van der Waals surface area contributed by atoms with Gasteiger partial charge in [0.05, 0.1) is 21.0 Å². The molecule has 0 aliphatic carbocycles. The summed E-state index contributed by atoms with van der Waals surface area (Å²) in [4.78, 5) is 27.1. The van der Waals surface area contributed by atoms with Crippen LogP contribution in [0.5, 0.6) is 0 Å². The lowest BCUT2D eigenvalue weighted by atomic mass is 10.2. The van der Waals surface area contributed by atoms with E-state index in [2.05, 4.69) is 15.0 Å². The number of benzene rings is 1. The number of alkyl halides is 3. The molecular formula is C16H13ClF3N3O5S. The first-order valence-electron chi connectivity index (χ1n) is 7.67. The van der Waals surface area contributed by atoms with Crippen LogP contribution in [0.1, 0.15) is 15.9 Å². The lowest BCUT2D eigenvalue weighted by molar-refractivity contribution is -0.137. The van der Waals surface area contributed by atoms with Gasteiger partial charge < -0.3 is 10.1 Å². The molecule has 13 heteroatoms. The second-order valence-corrected chi connectivity index (χ2v) is 7.71. The van der Waals surface area contributed by atoms with Crippen LogP contribution in [0, 0.1) is 0 Å². The molecular weight excluding hydrogens is 439 g/mol. The van der Waals surface area contributed by atoms with Crippen LogP contribution < -0.4 is 10.0 Å². The molecule has 1 heterocycles. The number of ether oxygens (including phenoxy) is 1. The van der Waals surface area contributed by atoms with Crippen LogP contribution in [0.15, 0.2) is 41.4 Å². The fourth-order valence-corrected chi connectivity index (χ4v) is 2.96. The molecule has 8 nitrogen and oxygen atoms in total. The van der Waals surface area contributed by atoms with Crippen LogP contribution in [0.25, 0.3) is 0 Å². The lowest BCUT2D eigenvalue weighted by Crippen LogP contribution is -2.22. The van der Waals surface area contributed by atoms with Crippen LogP contribution in [-0.4, -0.2) is 38.9 Å². The first-order valence-corrected chi connectivity index (χ1v) is 9.53. The molecule has 156 valence electrons. The minimum absolute atomic E-state index is 0.125. The van der Waals surface area contributed by atoms with Crippen molar-refractivity contribution in [2.45, 2.75) is 11.1 Å². The van der Waals surface area contributed by atoms with E-state index in [1.807, 2.05) is 0 Å². The second-order valence-electron chi connectivity index (χ2n) is 5.41. The summed E-state index contributed by atoms with van der Waals surface area (Å²) in [5.41, 5.74) is -1.22. The molecule has 0 atom stereocenters. The van der Waals surface area contributed by atoms with E-state index in [1.54, 1.807) is 0 Å². The Labute approximate surface area is 168 Å². The minimum Gasteiger partial charge on any atom is -0.452 e. The second kappa shape index (κ2) is 8.76. The molecule has 0 radical (unpaired) electrons. The van der Waals surface area contributed by atoms with E-state index in [9.17, 15) is 31.2 Å². The normalized spacial score (nSPS) is 11.8. The van der Waals surface area contributed by atoms with E-state index in [4.69, 9.17) is 16.3 Å². The van der Waals surface area contributed by atoms with E-state index in [0.29, 0.717) is 12.3 Å². The molecule has 0 fully saturated rings. The molecule has 2 rings (SSSR count). The summed E-state index contributed by atoms with van der Waals surface area (Å²) in [6.45, 7) is -0.805. The van der Waals surface area contributed by atoms with Crippen molar-refractivity contribution in [3.63, 3.8) is 0 Å². The van der Waals surface area contributed by atoms with Gasteiger partial charge in [-0.15, -0.1) is 0 Å². The van der Waals surface area contributed by atoms with Crippen molar-refractivity contribution in [3.8, 4) is 0 Å². The maximum absolute atomic E-state index is 12.6. The molecule has 0 unspecified atom stereocenters. The molecule has 2 aromatic rings. The summed E-state index contributed by atoms with van der Waals surface area (Å²) in [6, 6.07) is 5.49. The monoisotopic (exact) mass is 451 g/mol. The Balaban J connectivity index is 2.01. The SMILES string of the molecule is CNS(=O)(=O)c1cccc(C(=O)OCC(=O)Nc2ncc(C(F)(F)F)cc2Cl)c1. The van der Waals surface area contributed by atoms with E-state index in [-0.39, 0.29) is 16.3 Å². The number of esters is 1. The van der Waals surface area contributed by atoms with Crippen LogP contribution in [-0.2, 0) is 25.7 Å². The summed E-state index contributed by atoms with van der Waals surface area (Å²) in [6.07, 6.45) is -4.16. The van der Waals surface area contributed by atoms with Gasteiger partial charge in [0, 0.05) is 6.20 Å². The maximum Gasteiger partial charge on any atom is 0.417 e. The number of hydrogen-bond donors (Lipinski definition) is 2. The van der Waals surface area contributed by atoms with Gasteiger partial charge in [-0.1, -0.05) is 17.7 Å². The van der Waals surface area contributed by atoms with Crippen LogP contribution in [0.3, 0.4) is 0 Å². The van der Waals surface area contributed by atoms with Crippen molar-refractivity contribution < 1.29 is 35.9 Å². The third-order valence-electron chi connectivity index (χ3n) is 3.41. The van der Waals surface area contributed by atoms with Gasteiger partial charge >= 0.3 is 12.1 Å². The summed E-state index contributed by atoms with van der Waals surface area (Å²) in [5.74, 6) is -2.24. The zero-order valence-electron chi connectivity index (χ0n) is 14.6. The Bertz CT molecular complexity index is 1040. The number of aromatic nitrogens is 1. The predicted molar refractivity (Wildman–Crippen MR) is 95.8 cm³/mol. The van der Waals surface area contributed by atoms with Crippen molar-refractivity contribution >= 4 is 39.3 Å². The number of hydrogen-bond acceptors (Lipinski definition) is 6. The number of pyridine rings is 1. The van der Waals surface area contributed by atoms with Gasteiger partial charge in [-0.05, 0) is 31.3 Å². The number of nitrogens with one attached hydrogen (secondary N) is 2. The van der Waals surface area contributed by atoms with Gasteiger partial charge in [0.15, 0.2) is 12.4 Å². The molecule has 1 aromatic heterocycles. The Hall–Kier alpha value is -2.70. The fraction of sp³-hybridized carbons (Fsp3) is 0.188. The minimum atomic E-state index is -4.65. The van der Waals surface area contributed by atoms with Gasteiger partial charge in [-0.2, -0.15) is 13.2 Å². The number of sulfonamides is 1. The molecule has 0 aliphatic heterocycles. The van der Waals surface area contributed by atoms with Gasteiger partial charge in [0.1, 0.15) is 0 Å². The van der Waals surface area contributed by atoms with Gasteiger partial charge in [0.25, 0.3) is 5.91 Å². The highest BCUT2D eigenvalue weighted by Crippen LogP contribution is 2.32. The van der Waals surface area contributed by atoms with E-state index in [1.165, 1.54) is 25.2 Å². The van der Waals surface area contributed by atoms with Gasteiger partial charge in [-0.3, -0.25) is 4.79 Å². The Morgan fingerprint density at radius 1 is 1.24 bits per heavy atom. The van der Waals surface area contributed by atoms with Gasteiger partial charge in [-0.25, -0.2) is 22.9 Å². The number of amides is 1. The molecule has 0 spiro atoms. The third kappa shape index (κ3) is 5.89. The molecule has 1 amide bonds. The number of carbonyl (C=O) groups excluding carboxylic acids is 2. The average molecular weight is 452 g/mol. The maximum atomic E-state index is 12.6. The fourth-order valence-electron chi connectivity index (χ4n) is 1.98. The van der Waals surface area contributed by atoms with Crippen LogP contribution >= 0.6 is 11.6 Å². The zero-order chi connectivity index (χ0) is 21.8. The first kappa shape index (κ1) is 22.6. The highest BCUT2D eigenvalue weighted by Gasteiger charge is 2.31. The van der Waals surface area contributed by atoms with Crippen molar-refractivity contribution in [1.82, 2.24) is 9.71 Å². The Morgan fingerprint density at radius 2 is 1.93 bits per heavy atom. The third-order valence-corrected chi connectivity index (χ3v) is 5.11. The number of anilines is 1.